The van der Waals surface area contributed by atoms with E-state index in [0.29, 0.717) is 5.56 Å². The lowest BCUT2D eigenvalue weighted by molar-refractivity contribution is -0.135. The maximum Gasteiger partial charge on any atom is 0.322 e. The van der Waals surface area contributed by atoms with Crippen LogP contribution < -0.4 is 10.9 Å². The number of benzene rings is 1. The van der Waals surface area contributed by atoms with Gasteiger partial charge in [-0.15, -0.1) is 0 Å². The van der Waals surface area contributed by atoms with E-state index in [4.69, 9.17) is 5.11 Å². The van der Waals surface area contributed by atoms with Crippen LogP contribution in [0.4, 0.5) is 4.39 Å². The van der Waals surface area contributed by atoms with Gasteiger partial charge in [0, 0.05) is 6.20 Å². The summed E-state index contributed by atoms with van der Waals surface area (Å²) in [5, 5.41) is 21.0. The average molecular weight is 359 g/mol. The lowest BCUT2D eigenvalue weighted by atomic mass is 10.2. The molecule has 0 spiro atoms. The van der Waals surface area contributed by atoms with Gasteiger partial charge in [0.1, 0.15) is 23.4 Å². The highest BCUT2D eigenvalue weighted by atomic mass is 19.1. The van der Waals surface area contributed by atoms with Crippen LogP contribution in [0.3, 0.4) is 0 Å². The third-order valence-corrected chi connectivity index (χ3v) is 3.79. The van der Waals surface area contributed by atoms with Crippen LogP contribution in [0, 0.1) is 5.82 Å². The predicted octanol–water partition coefficient (Wildman–Crippen LogP) is 0.808. The Morgan fingerprint density at radius 1 is 1.15 bits per heavy atom. The molecule has 3 rings (SSSR count). The van der Waals surface area contributed by atoms with Crippen molar-refractivity contribution in [1.82, 2.24) is 14.5 Å². The number of nitrogens with zero attached hydrogens (tertiary/aromatic N) is 2. The van der Waals surface area contributed by atoms with Crippen molar-refractivity contribution in [2.45, 2.75) is 6.54 Å². The summed E-state index contributed by atoms with van der Waals surface area (Å²) in [4.78, 5) is 35.6. The molecule has 0 fully saturated rings. The van der Waals surface area contributed by atoms with Gasteiger partial charge in [-0.2, -0.15) is 0 Å². The van der Waals surface area contributed by atoms with E-state index >= 15 is 0 Å². The number of aromatic nitrogens is 2. The summed E-state index contributed by atoms with van der Waals surface area (Å²) in [5.41, 5.74) is -0.559. The third-order valence-electron chi connectivity index (χ3n) is 3.79. The minimum absolute atomic E-state index is 0.0176. The Balaban J connectivity index is 2.11. The molecular weight excluding hydrogens is 345 g/mol. The maximum absolute atomic E-state index is 13.1. The van der Waals surface area contributed by atoms with Crippen LogP contribution >= 0.6 is 0 Å². The number of aliphatic carboxylic acids is 1. The van der Waals surface area contributed by atoms with E-state index in [-0.39, 0.29) is 12.1 Å². The number of carboxylic acid groups (broad SMARTS) is 1. The van der Waals surface area contributed by atoms with E-state index in [2.05, 4.69) is 5.32 Å². The van der Waals surface area contributed by atoms with E-state index in [9.17, 15) is 23.9 Å². The van der Waals surface area contributed by atoms with Crippen LogP contribution in [0.25, 0.3) is 5.52 Å². The van der Waals surface area contributed by atoms with Crippen LogP contribution in [0.1, 0.15) is 15.9 Å². The summed E-state index contributed by atoms with van der Waals surface area (Å²) in [7, 11) is 0. The van der Waals surface area contributed by atoms with Gasteiger partial charge in [-0.1, -0.05) is 12.1 Å². The molecule has 1 amide bonds. The monoisotopic (exact) mass is 359 g/mol. The van der Waals surface area contributed by atoms with Gasteiger partial charge in [0.15, 0.2) is 5.75 Å². The fourth-order valence-corrected chi connectivity index (χ4v) is 2.59. The molecule has 1 aromatic carbocycles. The fourth-order valence-electron chi connectivity index (χ4n) is 2.59. The molecule has 2 heterocycles. The van der Waals surface area contributed by atoms with Crippen molar-refractivity contribution in [3.63, 3.8) is 0 Å². The van der Waals surface area contributed by atoms with Crippen molar-refractivity contribution in [2.24, 2.45) is 0 Å². The highest BCUT2D eigenvalue weighted by molar-refractivity contribution is 5.99. The Morgan fingerprint density at radius 3 is 2.50 bits per heavy atom. The number of amides is 1. The molecule has 3 aromatic rings. The van der Waals surface area contributed by atoms with Gasteiger partial charge >= 0.3 is 5.97 Å². The van der Waals surface area contributed by atoms with Gasteiger partial charge in [0.05, 0.1) is 6.54 Å². The number of aromatic hydroxyl groups is 1. The molecule has 0 saturated carbocycles. The van der Waals surface area contributed by atoms with Crippen molar-refractivity contribution in [3.8, 4) is 5.75 Å². The molecule has 2 aromatic heterocycles. The van der Waals surface area contributed by atoms with Gasteiger partial charge in [0.25, 0.3) is 11.5 Å². The minimum Gasteiger partial charge on any atom is -0.505 e. The number of halogens is 1. The minimum atomic E-state index is -1.28. The highest BCUT2D eigenvalue weighted by Crippen LogP contribution is 2.21. The summed E-state index contributed by atoms with van der Waals surface area (Å²) in [6.07, 6.45) is 1.53. The van der Waals surface area contributed by atoms with Gasteiger partial charge in [0.2, 0.25) is 0 Å². The lowest BCUT2D eigenvalue weighted by Gasteiger charge is -2.14. The molecule has 0 saturated heterocycles. The van der Waals surface area contributed by atoms with Crippen molar-refractivity contribution in [1.29, 1.82) is 0 Å². The molecular formula is C17H14FN3O5. The molecule has 3 N–H and O–H groups in total. The normalized spacial score (nSPS) is 10.8. The molecule has 0 radical (unpaired) electrons. The first-order valence-corrected chi connectivity index (χ1v) is 7.56. The second kappa shape index (κ2) is 6.71. The number of fused-ring (bicyclic) bond motifs is 1. The van der Waals surface area contributed by atoms with Crippen molar-refractivity contribution < 1.29 is 24.2 Å². The standard InChI is InChI=1S/C17H14FN3O5/c18-11-5-3-10(4-6-11)9-21-17(26)14(16(25)19-8-13(22)23)15(24)12-2-1-7-20(12)21/h1-7,24H,8-9H2,(H,19,25)(H,22,23). The first kappa shape index (κ1) is 17.2. The Bertz CT molecular complexity index is 1050. The van der Waals surface area contributed by atoms with Crippen LogP contribution in [0.15, 0.2) is 47.4 Å². The Kier molecular flexibility index (Phi) is 4.44. The smallest absolute Gasteiger partial charge is 0.322 e. The van der Waals surface area contributed by atoms with Gasteiger partial charge in [-0.05, 0) is 29.8 Å². The zero-order valence-corrected chi connectivity index (χ0v) is 13.3. The predicted molar refractivity (Wildman–Crippen MR) is 88.8 cm³/mol. The van der Waals surface area contributed by atoms with Crippen LogP contribution in [-0.4, -0.2) is 37.8 Å². The Labute approximate surface area is 145 Å². The van der Waals surface area contributed by atoms with E-state index in [0.717, 1.165) is 0 Å². The number of carboxylic acids is 1. The summed E-state index contributed by atoms with van der Waals surface area (Å²) in [6.45, 7) is -0.675. The van der Waals surface area contributed by atoms with Crippen LogP contribution in [0.2, 0.25) is 0 Å². The molecule has 0 unspecified atom stereocenters. The van der Waals surface area contributed by atoms with Crippen molar-refractivity contribution >= 4 is 17.4 Å². The maximum atomic E-state index is 13.1. The molecule has 8 nitrogen and oxygen atoms in total. The molecule has 134 valence electrons. The number of rotatable bonds is 5. The molecule has 26 heavy (non-hydrogen) atoms. The molecule has 0 bridgehead atoms. The summed E-state index contributed by atoms with van der Waals surface area (Å²) < 4.78 is 15.6. The van der Waals surface area contributed by atoms with Crippen molar-refractivity contribution in [2.75, 3.05) is 6.54 Å². The van der Waals surface area contributed by atoms with E-state index < -0.39 is 41.1 Å². The Morgan fingerprint density at radius 2 is 1.85 bits per heavy atom. The zero-order chi connectivity index (χ0) is 18.8. The van der Waals surface area contributed by atoms with Gasteiger partial charge in [-0.3, -0.25) is 18.9 Å². The zero-order valence-electron chi connectivity index (χ0n) is 13.3. The summed E-state index contributed by atoms with van der Waals surface area (Å²) >= 11 is 0. The van der Waals surface area contributed by atoms with Crippen LogP contribution in [0.5, 0.6) is 5.75 Å². The quantitative estimate of drug-likeness (QED) is 0.624. The number of carbonyl (C=O) groups excluding carboxylic acids is 1. The molecule has 0 aliphatic carbocycles. The van der Waals surface area contributed by atoms with Gasteiger partial charge < -0.3 is 15.5 Å². The number of carbonyl (C=O) groups is 2. The Hall–Kier alpha value is -3.62. The lowest BCUT2D eigenvalue weighted by Crippen LogP contribution is -2.37. The highest BCUT2D eigenvalue weighted by Gasteiger charge is 2.22. The number of nitrogens with one attached hydrogen (secondary N) is 1. The summed E-state index contributed by atoms with van der Waals surface area (Å²) in [6, 6.07) is 8.56. The number of hydrogen-bond acceptors (Lipinski definition) is 4. The van der Waals surface area contributed by atoms with Gasteiger partial charge in [-0.25, -0.2) is 9.07 Å². The van der Waals surface area contributed by atoms with Crippen LogP contribution in [-0.2, 0) is 11.3 Å². The SMILES string of the molecule is O=C(O)CNC(=O)c1c(O)c2cccn2n(Cc2ccc(F)cc2)c1=O. The summed E-state index contributed by atoms with van der Waals surface area (Å²) in [5.74, 6) is -3.25. The molecule has 0 atom stereocenters. The first-order valence-electron chi connectivity index (χ1n) is 7.56. The average Bonchev–Trinajstić information content (AvgIpc) is 3.08. The first-order chi connectivity index (χ1) is 12.4. The second-order valence-electron chi connectivity index (χ2n) is 5.53. The molecule has 9 heteroatoms. The molecule has 0 aliphatic rings. The largest absolute Gasteiger partial charge is 0.505 e. The van der Waals surface area contributed by atoms with E-state index in [1.165, 1.54) is 45.7 Å². The van der Waals surface area contributed by atoms with E-state index in [1.54, 1.807) is 6.07 Å². The second-order valence-corrected chi connectivity index (χ2v) is 5.53. The van der Waals surface area contributed by atoms with Crippen molar-refractivity contribution in [3.05, 3.63) is 69.9 Å². The fraction of sp³-hybridized carbons (Fsp3) is 0.118. The molecule has 0 aliphatic heterocycles. The topological polar surface area (TPSA) is 113 Å². The number of hydrogen-bond donors (Lipinski definition) is 3. The van der Waals surface area contributed by atoms with E-state index in [1.807, 2.05) is 0 Å². The third kappa shape index (κ3) is 3.14.